The summed E-state index contributed by atoms with van der Waals surface area (Å²) < 4.78 is 0. The van der Waals surface area contributed by atoms with Crippen LogP contribution in [0.1, 0.15) is 40.5 Å². The third kappa shape index (κ3) is 3.65. The molecule has 1 atom stereocenters. The number of ketones is 1. The highest BCUT2D eigenvalue weighted by Crippen LogP contribution is 2.06. The van der Waals surface area contributed by atoms with Crippen molar-refractivity contribution in [3.05, 3.63) is 0 Å². The second kappa shape index (κ2) is 5.92. The van der Waals surface area contributed by atoms with Gasteiger partial charge in [-0.05, 0) is 26.7 Å². The zero-order chi connectivity index (χ0) is 9.56. The molecule has 0 amide bonds. The monoisotopic (exact) mass is 169 g/mol. The predicted molar refractivity (Wildman–Crippen MR) is 52.7 cm³/mol. The Balaban J connectivity index is 4.20. The fraction of sp³-hybridized carbons (Fsp3) is 0.800. The fourth-order valence-electron chi connectivity index (χ4n) is 1.28. The van der Waals surface area contributed by atoms with Crippen LogP contribution in [0, 0.1) is 5.92 Å². The Bertz CT molecular complexity index is 173. The second-order valence-corrected chi connectivity index (χ2v) is 3.09. The van der Waals surface area contributed by atoms with E-state index in [0.29, 0.717) is 0 Å². The average Bonchev–Trinajstić information content (AvgIpc) is 2.01. The minimum atomic E-state index is 0.0524. The van der Waals surface area contributed by atoms with Crippen molar-refractivity contribution in [1.82, 2.24) is 0 Å². The lowest BCUT2D eigenvalue weighted by Crippen LogP contribution is -2.18. The number of aliphatic imine (C=N–C) groups is 1. The van der Waals surface area contributed by atoms with Gasteiger partial charge < -0.3 is 0 Å². The molecule has 0 heterocycles. The van der Waals surface area contributed by atoms with E-state index in [-0.39, 0.29) is 11.7 Å². The highest BCUT2D eigenvalue weighted by atomic mass is 16.1. The van der Waals surface area contributed by atoms with E-state index < -0.39 is 0 Å². The molecule has 0 radical (unpaired) electrons. The lowest BCUT2D eigenvalue weighted by Gasteiger charge is -2.10. The zero-order valence-electron chi connectivity index (χ0n) is 8.55. The second-order valence-electron chi connectivity index (χ2n) is 3.09. The molecule has 0 fully saturated rings. The van der Waals surface area contributed by atoms with E-state index in [2.05, 4.69) is 11.9 Å². The van der Waals surface area contributed by atoms with Crippen LogP contribution in [0.2, 0.25) is 0 Å². The van der Waals surface area contributed by atoms with Crippen molar-refractivity contribution in [1.29, 1.82) is 0 Å². The van der Waals surface area contributed by atoms with Gasteiger partial charge in [-0.1, -0.05) is 13.8 Å². The lowest BCUT2D eigenvalue weighted by molar-refractivity contribution is -0.118. The minimum Gasteiger partial charge on any atom is -0.299 e. The van der Waals surface area contributed by atoms with Crippen molar-refractivity contribution in [2.45, 2.75) is 40.5 Å². The molecule has 0 spiro atoms. The smallest absolute Gasteiger partial charge is 0.138 e. The van der Waals surface area contributed by atoms with Crippen LogP contribution in [0.5, 0.6) is 0 Å². The van der Waals surface area contributed by atoms with E-state index in [1.165, 1.54) is 0 Å². The van der Waals surface area contributed by atoms with Crippen LogP contribution in [0.25, 0.3) is 0 Å². The SMILES string of the molecule is CCCN=C(C)C(CC)C(C)=O. The maximum atomic E-state index is 11.1. The molecule has 2 nitrogen and oxygen atoms in total. The molecule has 0 aromatic rings. The molecule has 0 saturated carbocycles. The van der Waals surface area contributed by atoms with E-state index in [1.807, 2.05) is 13.8 Å². The van der Waals surface area contributed by atoms with E-state index >= 15 is 0 Å². The highest BCUT2D eigenvalue weighted by molar-refractivity contribution is 6.02. The Morgan fingerprint density at radius 2 is 1.92 bits per heavy atom. The fourth-order valence-corrected chi connectivity index (χ4v) is 1.28. The van der Waals surface area contributed by atoms with Gasteiger partial charge in [0.25, 0.3) is 0 Å². The quantitative estimate of drug-likeness (QED) is 0.581. The Morgan fingerprint density at radius 1 is 1.33 bits per heavy atom. The zero-order valence-corrected chi connectivity index (χ0v) is 8.55. The van der Waals surface area contributed by atoms with Gasteiger partial charge in [-0.25, -0.2) is 0 Å². The first-order valence-electron chi connectivity index (χ1n) is 4.64. The van der Waals surface area contributed by atoms with Crippen LogP contribution in [0.15, 0.2) is 4.99 Å². The molecule has 0 saturated heterocycles. The van der Waals surface area contributed by atoms with E-state index in [4.69, 9.17) is 0 Å². The Hall–Kier alpha value is -0.660. The first-order valence-corrected chi connectivity index (χ1v) is 4.64. The van der Waals surface area contributed by atoms with E-state index in [0.717, 1.165) is 25.1 Å². The van der Waals surface area contributed by atoms with Gasteiger partial charge >= 0.3 is 0 Å². The van der Waals surface area contributed by atoms with Crippen LogP contribution in [-0.4, -0.2) is 18.0 Å². The summed E-state index contributed by atoms with van der Waals surface area (Å²) in [5.41, 5.74) is 0.992. The summed E-state index contributed by atoms with van der Waals surface area (Å²) in [6, 6.07) is 0. The molecule has 1 unspecified atom stereocenters. The van der Waals surface area contributed by atoms with Crippen LogP contribution >= 0.6 is 0 Å². The molecule has 0 aliphatic rings. The van der Waals surface area contributed by atoms with E-state index in [9.17, 15) is 4.79 Å². The minimum absolute atomic E-state index is 0.0524. The third-order valence-corrected chi connectivity index (χ3v) is 1.99. The number of rotatable bonds is 5. The molecular formula is C10H19NO. The summed E-state index contributed by atoms with van der Waals surface area (Å²) in [7, 11) is 0. The Morgan fingerprint density at radius 3 is 2.25 bits per heavy atom. The number of carbonyl (C=O) groups is 1. The molecule has 0 bridgehead atoms. The molecule has 12 heavy (non-hydrogen) atoms. The third-order valence-electron chi connectivity index (χ3n) is 1.99. The first-order chi connectivity index (χ1) is 5.63. The summed E-state index contributed by atoms with van der Waals surface area (Å²) in [6.45, 7) is 8.54. The van der Waals surface area contributed by atoms with Crippen molar-refractivity contribution in [3.8, 4) is 0 Å². The number of nitrogens with zero attached hydrogens (tertiary/aromatic N) is 1. The number of hydrogen-bond donors (Lipinski definition) is 0. The van der Waals surface area contributed by atoms with Gasteiger partial charge in [0.1, 0.15) is 5.78 Å². The number of Topliss-reactive ketones (excluding diaryl/α,β-unsaturated/α-hetero) is 1. The largest absolute Gasteiger partial charge is 0.299 e. The summed E-state index contributed by atoms with van der Waals surface area (Å²) in [4.78, 5) is 15.4. The predicted octanol–water partition coefficient (Wildman–Crippen LogP) is 2.47. The van der Waals surface area contributed by atoms with Gasteiger partial charge in [0.05, 0.1) is 5.92 Å². The molecular weight excluding hydrogens is 150 g/mol. The maximum absolute atomic E-state index is 11.1. The number of carbonyl (C=O) groups excluding carboxylic acids is 1. The van der Waals surface area contributed by atoms with E-state index in [1.54, 1.807) is 6.92 Å². The van der Waals surface area contributed by atoms with Crippen molar-refractivity contribution in [2.75, 3.05) is 6.54 Å². The van der Waals surface area contributed by atoms with Gasteiger partial charge in [-0.15, -0.1) is 0 Å². The van der Waals surface area contributed by atoms with Crippen molar-refractivity contribution >= 4 is 11.5 Å². The highest BCUT2D eigenvalue weighted by Gasteiger charge is 2.14. The molecule has 2 heteroatoms. The standard InChI is InChI=1S/C10H19NO/c1-5-7-11-8(3)10(6-2)9(4)12/h10H,5-7H2,1-4H3. The van der Waals surface area contributed by atoms with Crippen molar-refractivity contribution in [3.63, 3.8) is 0 Å². The molecule has 0 N–H and O–H groups in total. The van der Waals surface area contributed by atoms with Gasteiger partial charge in [0.15, 0.2) is 0 Å². The van der Waals surface area contributed by atoms with Gasteiger partial charge in [0.2, 0.25) is 0 Å². The maximum Gasteiger partial charge on any atom is 0.138 e. The number of hydrogen-bond acceptors (Lipinski definition) is 2. The van der Waals surface area contributed by atoms with Gasteiger partial charge in [0, 0.05) is 12.3 Å². The molecule has 0 aromatic heterocycles. The topological polar surface area (TPSA) is 29.4 Å². The first kappa shape index (κ1) is 11.3. The summed E-state index contributed by atoms with van der Waals surface area (Å²) in [6.07, 6.45) is 1.92. The molecule has 70 valence electrons. The van der Waals surface area contributed by atoms with Gasteiger partial charge in [-0.2, -0.15) is 0 Å². The molecule has 0 aromatic carbocycles. The summed E-state index contributed by atoms with van der Waals surface area (Å²) in [5, 5.41) is 0. The van der Waals surface area contributed by atoms with Crippen LogP contribution in [-0.2, 0) is 4.79 Å². The molecule has 0 aliphatic heterocycles. The average molecular weight is 169 g/mol. The van der Waals surface area contributed by atoms with Crippen molar-refractivity contribution < 1.29 is 4.79 Å². The lowest BCUT2D eigenvalue weighted by atomic mass is 9.97. The van der Waals surface area contributed by atoms with Crippen LogP contribution < -0.4 is 0 Å². The molecule has 0 rings (SSSR count). The Labute approximate surface area is 75.1 Å². The van der Waals surface area contributed by atoms with Gasteiger partial charge in [-0.3, -0.25) is 9.79 Å². The Kier molecular flexibility index (Phi) is 5.60. The summed E-state index contributed by atoms with van der Waals surface area (Å²) in [5.74, 6) is 0.284. The normalized spacial score (nSPS) is 14.5. The van der Waals surface area contributed by atoms with Crippen LogP contribution in [0.4, 0.5) is 0 Å². The molecule has 0 aliphatic carbocycles. The van der Waals surface area contributed by atoms with Crippen molar-refractivity contribution in [2.24, 2.45) is 10.9 Å². The summed E-state index contributed by atoms with van der Waals surface area (Å²) >= 11 is 0. The van der Waals surface area contributed by atoms with Crippen LogP contribution in [0.3, 0.4) is 0 Å².